The van der Waals surface area contributed by atoms with Crippen molar-refractivity contribution in [3.8, 4) is 5.75 Å². The number of carbonyl (C=O) groups excluding carboxylic acids is 1. The quantitative estimate of drug-likeness (QED) is 0.793. The first kappa shape index (κ1) is 13.4. The summed E-state index contributed by atoms with van der Waals surface area (Å²) in [6, 6.07) is 5.64. The van der Waals surface area contributed by atoms with Crippen molar-refractivity contribution in [2.24, 2.45) is 5.73 Å². The summed E-state index contributed by atoms with van der Waals surface area (Å²) < 4.78 is 22.5. The van der Waals surface area contributed by atoms with Gasteiger partial charge in [-0.3, -0.25) is 4.79 Å². The average Bonchev–Trinajstić information content (AvgIpc) is 2.30. The van der Waals surface area contributed by atoms with Gasteiger partial charge in [0.2, 0.25) is 0 Å². The smallest absolute Gasteiger partial charge is 0.325 e. The Bertz CT molecular complexity index is 376. The summed E-state index contributed by atoms with van der Waals surface area (Å²) in [5.41, 5.74) is 4.67. The van der Waals surface area contributed by atoms with E-state index in [1.165, 1.54) is 31.4 Å². The topological polar surface area (TPSA) is 61.5 Å². The zero-order chi connectivity index (χ0) is 12.9. The van der Waals surface area contributed by atoms with Crippen LogP contribution in [0.4, 0.5) is 4.39 Å². The molecule has 4 nitrogen and oxygen atoms in total. The molecular formula is C12H16FNO3. The summed E-state index contributed by atoms with van der Waals surface area (Å²) >= 11 is 0. The number of hydrogen-bond donors (Lipinski definition) is 1. The van der Waals surface area contributed by atoms with Crippen LogP contribution in [0.3, 0.4) is 0 Å². The molecule has 1 aromatic rings. The van der Waals surface area contributed by atoms with Gasteiger partial charge in [-0.25, -0.2) is 4.39 Å². The fraction of sp³-hybridized carbons (Fsp3) is 0.417. The molecule has 0 bridgehead atoms. The standard InChI is InChI=1S/C12H16FNO3/c1-12(14,11(15)16-2)7-8-17-10-5-3-9(13)4-6-10/h3-6H,7-8,14H2,1-2H3. The maximum atomic E-state index is 12.6. The highest BCUT2D eigenvalue weighted by Crippen LogP contribution is 2.13. The predicted molar refractivity (Wildman–Crippen MR) is 61.1 cm³/mol. The van der Waals surface area contributed by atoms with Crippen LogP contribution < -0.4 is 10.5 Å². The molecule has 1 rings (SSSR count). The first-order valence-corrected chi connectivity index (χ1v) is 5.21. The van der Waals surface area contributed by atoms with E-state index >= 15 is 0 Å². The first-order valence-electron chi connectivity index (χ1n) is 5.21. The molecule has 0 radical (unpaired) electrons. The Morgan fingerprint density at radius 1 is 1.41 bits per heavy atom. The lowest BCUT2D eigenvalue weighted by Gasteiger charge is -2.21. The molecular weight excluding hydrogens is 225 g/mol. The van der Waals surface area contributed by atoms with Gasteiger partial charge in [0.1, 0.15) is 17.1 Å². The summed E-state index contributed by atoms with van der Waals surface area (Å²) in [7, 11) is 1.29. The van der Waals surface area contributed by atoms with Gasteiger partial charge < -0.3 is 15.2 Å². The van der Waals surface area contributed by atoms with Crippen molar-refractivity contribution in [3.63, 3.8) is 0 Å². The van der Waals surface area contributed by atoms with Crippen molar-refractivity contribution in [2.45, 2.75) is 18.9 Å². The molecule has 0 aliphatic carbocycles. The summed E-state index contributed by atoms with van der Waals surface area (Å²) in [5, 5.41) is 0. The molecule has 0 saturated carbocycles. The Labute approximate surface area is 99.5 Å². The van der Waals surface area contributed by atoms with Crippen LogP contribution in [0.5, 0.6) is 5.75 Å². The van der Waals surface area contributed by atoms with Crippen LogP contribution in [0, 0.1) is 5.82 Å². The molecule has 2 N–H and O–H groups in total. The maximum Gasteiger partial charge on any atom is 0.325 e. The molecule has 0 aromatic heterocycles. The van der Waals surface area contributed by atoms with Gasteiger partial charge in [-0.15, -0.1) is 0 Å². The van der Waals surface area contributed by atoms with Crippen LogP contribution in [0.1, 0.15) is 13.3 Å². The van der Waals surface area contributed by atoms with Gasteiger partial charge in [0, 0.05) is 6.42 Å². The fourth-order valence-corrected chi connectivity index (χ4v) is 1.25. The number of hydrogen-bond acceptors (Lipinski definition) is 4. The Hall–Kier alpha value is -1.62. The fourth-order valence-electron chi connectivity index (χ4n) is 1.25. The van der Waals surface area contributed by atoms with E-state index in [0.717, 1.165) is 0 Å². The number of rotatable bonds is 5. The number of benzene rings is 1. The minimum atomic E-state index is -1.07. The van der Waals surface area contributed by atoms with Crippen LogP contribution >= 0.6 is 0 Å². The SMILES string of the molecule is COC(=O)C(C)(N)CCOc1ccc(F)cc1. The maximum absolute atomic E-state index is 12.6. The summed E-state index contributed by atoms with van der Waals surface area (Å²) in [4.78, 5) is 11.3. The van der Waals surface area contributed by atoms with Gasteiger partial charge in [0.15, 0.2) is 0 Å². The second-order valence-corrected chi connectivity index (χ2v) is 3.96. The van der Waals surface area contributed by atoms with Crippen LogP contribution in [-0.4, -0.2) is 25.2 Å². The minimum absolute atomic E-state index is 0.258. The zero-order valence-corrected chi connectivity index (χ0v) is 9.90. The molecule has 0 aliphatic rings. The van der Waals surface area contributed by atoms with E-state index in [9.17, 15) is 9.18 Å². The van der Waals surface area contributed by atoms with Gasteiger partial charge in [-0.05, 0) is 31.2 Å². The molecule has 1 aromatic carbocycles. The number of halogens is 1. The number of carbonyl (C=O) groups is 1. The molecule has 0 heterocycles. The first-order chi connectivity index (χ1) is 7.95. The highest BCUT2D eigenvalue weighted by atomic mass is 19.1. The Morgan fingerprint density at radius 2 is 2.00 bits per heavy atom. The molecule has 1 unspecified atom stereocenters. The Balaban J connectivity index is 2.42. The largest absolute Gasteiger partial charge is 0.494 e. The number of ether oxygens (including phenoxy) is 2. The van der Waals surface area contributed by atoms with E-state index in [4.69, 9.17) is 10.5 Å². The van der Waals surface area contributed by atoms with E-state index in [0.29, 0.717) is 12.2 Å². The van der Waals surface area contributed by atoms with E-state index in [1.54, 1.807) is 6.92 Å². The number of methoxy groups -OCH3 is 1. The van der Waals surface area contributed by atoms with E-state index in [-0.39, 0.29) is 12.4 Å². The van der Waals surface area contributed by atoms with E-state index in [1.807, 2.05) is 0 Å². The number of nitrogens with two attached hydrogens (primary N) is 1. The molecule has 0 spiro atoms. The van der Waals surface area contributed by atoms with Crippen molar-refractivity contribution in [1.82, 2.24) is 0 Å². The molecule has 1 atom stereocenters. The van der Waals surface area contributed by atoms with Crippen LogP contribution in [-0.2, 0) is 9.53 Å². The van der Waals surface area contributed by atoms with E-state index in [2.05, 4.69) is 4.74 Å². The molecule has 5 heteroatoms. The summed E-state index contributed by atoms with van der Waals surface area (Å²) in [6.07, 6.45) is 0.317. The third-order valence-electron chi connectivity index (χ3n) is 2.36. The van der Waals surface area contributed by atoms with Crippen molar-refractivity contribution in [2.75, 3.05) is 13.7 Å². The second kappa shape index (κ2) is 5.63. The molecule has 0 amide bonds. The molecule has 17 heavy (non-hydrogen) atoms. The van der Waals surface area contributed by atoms with Crippen molar-refractivity contribution in [1.29, 1.82) is 0 Å². The van der Waals surface area contributed by atoms with Crippen LogP contribution in [0.25, 0.3) is 0 Å². The van der Waals surface area contributed by atoms with Crippen molar-refractivity contribution in [3.05, 3.63) is 30.1 Å². The summed E-state index contributed by atoms with van der Waals surface area (Å²) in [6.45, 7) is 1.83. The molecule has 94 valence electrons. The van der Waals surface area contributed by atoms with Crippen LogP contribution in [0.2, 0.25) is 0 Å². The van der Waals surface area contributed by atoms with Gasteiger partial charge in [0.25, 0.3) is 0 Å². The number of esters is 1. The predicted octanol–water partition coefficient (Wildman–Crippen LogP) is 1.48. The third-order valence-corrected chi connectivity index (χ3v) is 2.36. The molecule has 0 fully saturated rings. The van der Waals surface area contributed by atoms with Gasteiger partial charge in [0.05, 0.1) is 13.7 Å². The lowest BCUT2D eigenvalue weighted by Crippen LogP contribution is -2.46. The Morgan fingerprint density at radius 3 is 2.53 bits per heavy atom. The lowest BCUT2D eigenvalue weighted by molar-refractivity contribution is -0.146. The average molecular weight is 241 g/mol. The zero-order valence-electron chi connectivity index (χ0n) is 9.90. The Kier molecular flexibility index (Phi) is 4.45. The second-order valence-electron chi connectivity index (χ2n) is 3.96. The highest BCUT2D eigenvalue weighted by molar-refractivity contribution is 5.79. The van der Waals surface area contributed by atoms with Gasteiger partial charge >= 0.3 is 5.97 Å². The monoisotopic (exact) mass is 241 g/mol. The summed E-state index contributed by atoms with van der Waals surface area (Å²) in [5.74, 6) is -0.275. The third kappa shape index (κ3) is 4.03. The van der Waals surface area contributed by atoms with Gasteiger partial charge in [-0.1, -0.05) is 0 Å². The van der Waals surface area contributed by atoms with E-state index < -0.39 is 11.5 Å². The normalized spacial score (nSPS) is 13.9. The van der Waals surface area contributed by atoms with Crippen molar-refractivity contribution < 1.29 is 18.7 Å². The van der Waals surface area contributed by atoms with Gasteiger partial charge in [-0.2, -0.15) is 0 Å². The van der Waals surface area contributed by atoms with Crippen molar-refractivity contribution >= 4 is 5.97 Å². The molecule has 0 saturated heterocycles. The lowest BCUT2D eigenvalue weighted by atomic mass is 10.0. The minimum Gasteiger partial charge on any atom is -0.494 e. The molecule has 0 aliphatic heterocycles. The van der Waals surface area contributed by atoms with Crippen LogP contribution in [0.15, 0.2) is 24.3 Å². The highest BCUT2D eigenvalue weighted by Gasteiger charge is 2.29.